The zero-order chi connectivity index (χ0) is 27.2. The molecule has 2 aromatic rings. The molecule has 0 bridgehead atoms. The molecule has 204 valence electrons. The number of benzene rings is 2. The number of ether oxygens (including phenoxy) is 1. The molecule has 3 rings (SSSR count). The fourth-order valence-electron chi connectivity index (χ4n) is 4.68. The molecule has 0 unspecified atom stereocenters. The number of halogens is 6. The van der Waals surface area contributed by atoms with Crippen molar-refractivity contribution in [2.45, 2.75) is 70.9 Å². The number of aryl methyl sites for hydroxylation is 2. The van der Waals surface area contributed by atoms with Crippen molar-refractivity contribution in [2.75, 3.05) is 25.1 Å². The zero-order valence-electron chi connectivity index (χ0n) is 21.0. The lowest BCUT2D eigenvalue weighted by Crippen LogP contribution is -2.27. The van der Waals surface area contributed by atoms with E-state index in [1.807, 2.05) is 6.92 Å². The standard InChI is InChI=1S/C27H32F6N2O2/c1-3-35(10-5-4-9-25(36)37-2)24-14-20-8-6-7-19(20)13-21(24)17-34-16-18-11-22(26(28,29)30)15-23(12-18)27(31,32)33/h11-15,34H,3-10,16-17H2,1-2H3. The molecule has 1 N–H and O–H groups in total. The van der Waals surface area contributed by atoms with Crippen LogP contribution in [0.2, 0.25) is 0 Å². The maximum absolute atomic E-state index is 13.2. The summed E-state index contributed by atoms with van der Waals surface area (Å²) in [6.07, 6.45) is -5.00. The summed E-state index contributed by atoms with van der Waals surface area (Å²) in [7, 11) is 1.35. The molecular formula is C27H32F6N2O2. The van der Waals surface area contributed by atoms with Crippen LogP contribution in [0, 0.1) is 0 Å². The molecule has 0 aliphatic heterocycles. The molecule has 0 saturated heterocycles. The molecule has 0 spiro atoms. The summed E-state index contributed by atoms with van der Waals surface area (Å²) < 4.78 is 83.9. The third kappa shape index (κ3) is 7.87. The summed E-state index contributed by atoms with van der Waals surface area (Å²) >= 11 is 0. The van der Waals surface area contributed by atoms with Crippen LogP contribution in [-0.4, -0.2) is 26.2 Å². The molecule has 1 aliphatic rings. The van der Waals surface area contributed by atoms with E-state index in [0.29, 0.717) is 32.5 Å². The van der Waals surface area contributed by atoms with Crippen molar-refractivity contribution in [3.05, 3.63) is 63.7 Å². The molecule has 0 radical (unpaired) electrons. The van der Waals surface area contributed by atoms with E-state index in [4.69, 9.17) is 0 Å². The Morgan fingerprint density at radius 2 is 1.54 bits per heavy atom. The van der Waals surface area contributed by atoms with Gasteiger partial charge in [-0.05, 0) is 85.5 Å². The van der Waals surface area contributed by atoms with Crippen LogP contribution in [0.4, 0.5) is 32.0 Å². The maximum atomic E-state index is 13.2. The minimum atomic E-state index is -4.88. The van der Waals surface area contributed by atoms with Gasteiger partial charge in [-0.3, -0.25) is 4.79 Å². The lowest BCUT2D eigenvalue weighted by atomic mass is 10.0. The summed E-state index contributed by atoms with van der Waals surface area (Å²) in [6.45, 7) is 3.59. The number of hydrogen-bond donors (Lipinski definition) is 1. The number of fused-ring (bicyclic) bond motifs is 1. The highest BCUT2D eigenvalue weighted by Crippen LogP contribution is 2.36. The Morgan fingerprint density at radius 3 is 2.11 bits per heavy atom. The number of unbranched alkanes of at least 4 members (excludes halogenated alkanes) is 1. The molecule has 4 nitrogen and oxygen atoms in total. The second kappa shape index (κ2) is 12.2. The first kappa shape index (κ1) is 28.8. The first-order valence-electron chi connectivity index (χ1n) is 12.4. The van der Waals surface area contributed by atoms with Gasteiger partial charge in [0.15, 0.2) is 0 Å². The van der Waals surface area contributed by atoms with E-state index in [9.17, 15) is 31.1 Å². The predicted molar refractivity (Wildman–Crippen MR) is 129 cm³/mol. The minimum absolute atomic E-state index is 0.0833. The van der Waals surface area contributed by atoms with E-state index in [-0.39, 0.29) is 24.1 Å². The average Bonchev–Trinajstić information content (AvgIpc) is 3.29. The van der Waals surface area contributed by atoms with Gasteiger partial charge in [0.2, 0.25) is 0 Å². The highest BCUT2D eigenvalue weighted by Gasteiger charge is 2.36. The topological polar surface area (TPSA) is 41.6 Å². The second-order valence-electron chi connectivity index (χ2n) is 9.23. The summed E-state index contributed by atoms with van der Waals surface area (Å²) in [6, 6.07) is 5.89. The molecule has 2 aromatic carbocycles. The van der Waals surface area contributed by atoms with E-state index in [2.05, 4.69) is 27.1 Å². The van der Waals surface area contributed by atoms with Crippen LogP contribution in [-0.2, 0) is 47.8 Å². The van der Waals surface area contributed by atoms with Crippen LogP contribution in [0.15, 0.2) is 30.3 Å². The molecule has 0 atom stereocenters. The first-order valence-corrected chi connectivity index (χ1v) is 12.4. The highest BCUT2D eigenvalue weighted by molar-refractivity contribution is 5.69. The molecule has 0 fully saturated rings. The van der Waals surface area contributed by atoms with Crippen molar-refractivity contribution in [1.82, 2.24) is 5.32 Å². The van der Waals surface area contributed by atoms with Gasteiger partial charge in [0.05, 0.1) is 18.2 Å². The SMILES string of the molecule is CCN(CCCCC(=O)OC)c1cc2c(cc1CNCc1cc(C(F)(F)F)cc(C(F)(F)F)c1)CCC2. The van der Waals surface area contributed by atoms with Gasteiger partial charge >= 0.3 is 18.3 Å². The third-order valence-electron chi connectivity index (χ3n) is 6.59. The predicted octanol–water partition coefficient (Wildman–Crippen LogP) is 6.67. The number of nitrogens with zero attached hydrogens (tertiary/aromatic N) is 1. The molecule has 37 heavy (non-hydrogen) atoms. The summed E-state index contributed by atoms with van der Waals surface area (Å²) in [5, 5.41) is 3.05. The van der Waals surface area contributed by atoms with Gasteiger partial charge in [0.1, 0.15) is 0 Å². The normalized spacial score (nSPS) is 13.5. The molecule has 0 aromatic heterocycles. The smallest absolute Gasteiger partial charge is 0.416 e. The Labute approximate surface area is 213 Å². The van der Waals surface area contributed by atoms with Crippen LogP contribution in [0.1, 0.15) is 66.0 Å². The largest absolute Gasteiger partial charge is 0.469 e. The highest BCUT2D eigenvalue weighted by atomic mass is 19.4. The number of rotatable bonds is 11. The first-order chi connectivity index (χ1) is 17.4. The fraction of sp³-hybridized carbons (Fsp3) is 0.519. The number of nitrogens with one attached hydrogen (secondary N) is 1. The van der Waals surface area contributed by atoms with E-state index >= 15 is 0 Å². The summed E-state index contributed by atoms with van der Waals surface area (Å²) in [5.74, 6) is -0.256. The lowest BCUT2D eigenvalue weighted by Gasteiger charge is -2.27. The van der Waals surface area contributed by atoms with Crippen LogP contribution in [0.3, 0.4) is 0 Å². The van der Waals surface area contributed by atoms with Gasteiger partial charge in [-0.25, -0.2) is 0 Å². The number of carbonyl (C=O) groups is 1. The Kier molecular flexibility index (Phi) is 9.50. The lowest BCUT2D eigenvalue weighted by molar-refractivity contribution is -0.143. The van der Waals surface area contributed by atoms with Gasteiger partial charge in [0, 0.05) is 38.3 Å². The third-order valence-corrected chi connectivity index (χ3v) is 6.59. The summed E-state index contributed by atoms with van der Waals surface area (Å²) in [5.41, 5.74) is 1.70. The molecule has 10 heteroatoms. The van der Waals surface area contributed by atoms with Crippen LogP contribution in [0.5, 0.6) is 0 Å². The summed E-state index contributed by atoms with van der Waals surface area (Å²) in [4.78, 5) is 13.6. The number of alkyl halides is 6. The van der Waals surface area contributed by atoms with E-state index in [0.717, 1.165) is 49.1 Å². The molecular weight excluding hydrogens is 498 g/mol. The Bertz CT molecular complexity index is 1050. The van der Waals surface area contributed by atoms with Crippen molar-refractivity contribution >= 4 is 11.7 Å². The number of hydrogen-bond acceptors (Lipinski definition) is 4. The van der Waals surface area contributed by atoms with E-state index in [1.165, 1.54) is 18.2 Å². The molecule has 0 saturated carbocycles. The van der Waals surface area contributed by atoms with E-state index in [1.54, 1.807) is 0 Å². The van der Waals surface area contributed by atoms with Crippen molar-refractivity contribution in [2.24, 2.45) is 0 Å². The van der Waals surface area contributed by atoms with Crippen molar-refractivity contribution in [1.29, 1.82) is 0 Å². The Morgan fingerprint density at radius 1 is 0.919 bits per heavy atom. The number of anilines is 1. The van der Waals surface area contributed by atoms with E-state index < -0.39 is 23.5 Å². The second-order valence-corrected chi connectivity index (χ2v) is 9.23. The van der Waals surface area contributed by atoms with Gasteiger partial charge in [0.25, 0.3) is 0 Å². The van der Waals surface area contributed by atoms with Crippen molar-refractivity contribution in [3.8, 4) is 0 Å². The molecule has 1 aliphatic carbocycles. The van der Waals surface area contributed by atoms with Crippen LogP contribution >= 0.6 is 0 Å². The quantitative estimate of drug-likeness (QED) is 0.200. The fourth-order valence-corrected chi connectivity index (χ4v) is 4.68. The Hall–Kier alpha value is -2.75. The maximum Gasteiger partial charge on any atom is 0.416 e. The molecule has 0 heterocycles. The zero-order valence-corrected chi connectivity index (χ0v) is 21.0. The monoisotopic (exact) mass is 530 g/mol. The van der Waals surface area contributed by atoms with Crippen LogP contribution in [0.25, 0.3) is 0 Å². The van der Waals surface area contributed by atoms with Gasteiger partial charge in [-0.15, -0.1) is 0 Å². The van der Waals surface area contributed by atoms with Gasteiger partial charge < -0.3 is 15.0 Å². The Balaban J connectivity index is 1.77. The number of carbonyl (C=O) groups excluding carboxylic acids is 1. The average molecular weight is 531 g/mol. The van der Waals surface area contributed by atoms with Crippen LogP contribution < -0.4 is 10.2 Å². The van der Waals surface area contributed by atoms with Crippen molar-refractivity contribution < 1.29 is 35.9 Å². The molecule has 0 amide bonds. The number of esters is 1. The minimum Gasteiger partial charge on any atom is -0.469 e. The van der Waals surface area contributed by atoms with Crippen molar-refractivity contribution in [3.63, 3.8) is 0 Å². The van der Waals surface area contributed by atoms with Gasteiger partial charge in [-0.2, -0.15) is 26.3 Å². The van der Waals surface area contributed by atoms with Gasteiger partial charge in [-0.1, -0.05) is 6.07 Å². The number of methoxy groups -OCH3 is 1.